The maximum atomic E-state index is 12.4. The largest absolute Gasteiger partial charge is 0.351 e. The predicted octanol–water partition coefficient (Wildman–Crippen LogP) is 4.35. The van der Waals surface area contributed by atoms with E-state index in [4.69, 9.17) is 0 Å². The van der Waals surface area contributed by atoms with Gasteiger partial charge in [-0.2, -0.15) is 0 Å². The van der Waals surface area contributed by atoms with E-state index < -0.39 is 0 Å². The molecule has 0 bridgehead atoms. The second-order valence-corrected chi connectivity index (χ2v) is 8.22. The Labute approximate surface area is 185 Å². The highest BCUT2D eigenvalue weighted by Gasteiger charge is 2.18. The van der Waals surface area contributed by atoms with Crippen molar-refractivity contribution in [2.24, 2.45) is 0 Å². The standard InChI is InChI=1S/C24H23N5OS/c1-17-11-18(2)13-21(12-17)29-23(20-9-6-10-25-15-20)27-28-24(29)31-16-22(30)26-14-19-7-4-3-5-8-19/h3-13,15H,14,16H2,1-2H3,(H,26,30). The first-order valence-electron chi connectivity index (χ1n) is 9.98. The van der Waals surface area contributed by atoms with Crippen molar-refractivity contribution in [3.05, 3.63) is 89.7 Å². The molecule has 4 rings (SSSR count). The molecule has 1 N–H and O–H groups in total. The van der Waals surface area contributed by atoms with Gasteiger partial charge in [-0.25, -0.2) is 0 Å². The predicted molar refractivity (Wildman–Crippen MR) is 123 cm³/mol. The van der Waals surface area contributed by atoms with Gasteiger partial charge in [0.25, 0.3) is 0 Å². The number of carbonyl (C=O) groups is 1. The lowest BCUT2D eigenvalue weighted by molar-refractivity contribution is -0.118. The molecule has 4 aromatic rings. The topological polar surface area (TPSA) is 72.7 Å². The molecule has 0 spiro atoms. The summed E-state index contributed by atoms with van der Waals surface area (Å²) in [5.41, 5.74) is 5.20. The zero-order chi connectivity index (χ0) is 21.6. The number of benzene rings is 2. The molecule has 7 heteroatoms. The Morgan fingerprint density at radius 3 is 2.48 bits per heavy atom. The molecule has 2 aromatic carbocycles. The first kappa shape index (κ1) is 20.8. The fraction of sp³-hybridized carbons (Fsp3) is 0.167. The molecule has 6 nitrogen and oxygen atoms in total. The van der Waals surface area contributed by atoms with E-state index in [9.17, 15) is 4.79 Å². The van der Waals surface area contributed by atoms with Gasteiger partial charge in [0, 0.05) is 24.5 Å². The molecule has 0 aliphatic rings. The number of nitrogens with one attached hydrogen (secondary N) is 1. The van der Waals surface area contributed by atoms with Gasteiger partial charge in [-0.3, -0.25) is 14.3 Å². The highest BCUT2D eigenvalue weighted by molar-refractivity contribution is 7.99. The molecule has 0 radical (unpaired) electrons. The van der Waals surface area contributed by atoms with Crippen LogP contribution in [0.15, 0.2) is 78.2 Å². The second kappa shape index (κ2) is 9.57. The number of aromatic nitrogens is 4. The van der Waals surface area contributed by atoms with Gasteiger partial charge in [-0.15, -0.1) is 10.2 Å². The number of carbonyl (C=O) groups excluding carboxylic acids is 1. The van der Waals surface area contributed by atoms with Crippen molar-refractivity contribution in [2.75, 3.05) is 5.75 Å². The fourth-order valence-electron chi connectivity index (χ4n) is 3.34. The van der Waals surface area contributed by atoms with Crippen molar-refractivity contribution in [3.63, 3.8) is 0 Å². The number of nitrogens with zero attached hydrogens (tertiary/aromatic N) is 4. The molecular formula is C24H23N5OS. The van der Waals surface area contributed by atoms with E-state index in [1.165, 1.54) is 11.8 Å². The van der Waals surface area contributed by atoms with E-state index in [1.54, 1.807) is 12.4 Å². The molecule has 0 aliphatic carbocycles. The number of aryl methyl sites for hydroxylation is 2. The zero-order valence-electron chi connectivity index (χ0n) is 17.4. The van der Waals surface area contributed by atoms with Crippen molar-refractivity contribution in [1.29, 1.82) is 0 Å². The molecule has 1 amide bonds. The molecule has 2 aromatic heterocycles. The number of amides is 1. The maximum Gasteiger partial charge on any atom is 0.230 e. The van der Waals surface area contributed by atoms with Gasteiger partial charge in [-0.05, 0) is 54.8 Å². The van der Waals surface area contributed by atoms with Crippen molar-refractivity contribution >= 4 is 17.7 Å². The van der Waals surface area contributed by atoms with E-state index in [0.29, 0.717) is 17.5 Å². The molecule has 156 valence electrons. The molecule has 0 atom stereocenters. The molecule has 2 heterocycles. The minimum Gasteiger partial charge on any atom is -0.351 e. The Bertz CT molecular complexity index is 1160. The van der Waals surface area contributed by atoms with Crippen molar-refractivity contribution in [3.8, 4) is 17.1 Å². The molecule has 31 heavy (non-hydrogen) atoms. The summed E-state index contributed by atoms with van der Waals surface area (Å²) in [6.07, 6.45) is 3.50. The molecule has 0 saturated carbocycles. The zero-order valence-corrected chi connectivity index (χ0v) is 18.3. The summed E-state index contributed by atoms with van der Waals surface area (Å²) in [4.78, 5) is 16.6. The second-order valence-electron chi connectivity index (χ2n) is 7.28. The molecular weight excluding hydrogens is 406 g/mol. The van der Waals surface area contributed by atoms with Crippen molar-refractivity contribution < 1.29 is 4.79 Å². The highest BCUT2D eigenvalue weighted by atomic mass is 32.2. The van der Waals surface area contributed by atoms with E-state index >= 15 is 0 Å². The third-order valence-electron chi connectivity index (χ3n) is 4.68. The quantitative estimate of drug-likeness (QED) is 0.442. The summed E-state index contributed by atoms with van der Waals surface area (Å²) in [5, 5.41) is 12.4. The van der Waals surface area contributed by atoms with Crippen LogP contribution in [0.25, 0.3) is 17.1 Å². The normalized spacial score (nSPS) is 10.8. The highest BCUT2D eigenvalue weighted by Crippen LogP contribution is 2.28. The van der Waals surface area contributed by atoms with Crippen LogP contribution in [0.3, 0.4) is 0 Å². The summed E-state index contributed by atoms with van der Waals surface area (Å²) in [7, 11) is 0. The fourth-order valence-corrected chi connectivity index (χ4v) is 4.12. The van der Waals surface area contributed by atoms with Crippen LogP contribution in [-0.4, -0.2) is 31.4 Å². The van der Waals surface area contributed by atoms with Crippen LogP contribution < -0.4 is 5.32 Å². The van der Waals surface area contributed by atoms with Crippen LogP contribution in [0, 0.1) is 13.8 Å². The minimum atomic E-state index is -0.0493. The molecule has 0 aliphatic heterocycles. The monoisotopic (exact) mass is 429 g/mol. The van der Waals surface area contributed by atoms with Gasteiger partial charge in [0.1, 0.15) is 0 Å². The number of pyridine rings is 1. The maximum absolute atomic E-state index is 12.4. The van der Waals surface area contributed by atoms with Crippen LogP contribution in [-0.2, 0) is 11.3 Å². The van der Waals surface area contributed by atoms with Gasteiger partial charge in [0.05, 0.1) is 11.4 Å². The van der Waals surface area contributed by atoms with Crippen LogP contribution in [0.4, 0.5) is 0 Å². The molecule has 0 unspecified atom stereocenters. The Morgan fingerprint density at radius 2 is 1.77 bits per heavy atom. The third-order valence-corrected chi connectivity index (χ3v) is 5.61. The minimum absolute atomic E-state index is 0.0493. The van der Waals surface area contributed by atoms with Crippen LogP contribution in [0.2, 0.25) is 0 Å². The Balaban J connectivity index is 1.57. The average molecular weight is 430 g/mol. The SMILES string of the molecule is Cc1cc(C)cc(-n2c(SCC(=O)NCc3ccccc3)nnc2-c2cccnc2)c1. The number of hydrogen-bond donors (Lipinski definition) is 1. The van der Waals surface area contributed by atoms with Crippen molar-refractivity contribution in [1.82, 2.24) is 25.1 Å². The first-order chi connectivity index (χ1) is 15.1. The summed E-state index contributed by atoms with van der Waals surface area (Å²) in [5.74, 6) is 0.903. The number of rotatable bonds is 7. The van der Waals surface area contributed by atoms with E-state index in [2.05, 4.69) is 52.5 Å². The smallest absolute Gasteiger partial charge is 0.230 e. The first-order valence-corrected chi connectivity index (χ1v) is 11.0. The van der Waals surface area contributed by atoms with E-state index in [-0.39, 0.29) is 11.7 Å². The molecule has 0 fully saturated rings. The molecule has 0 saturated heterocycles. The van der Waals surface area contributed by atoms with Crippen LogP contribution >= 0.6 is 11.8 Å². The van der Waals surface area contributed by atoms with Crippen molar-refractivity contribution in [2.45, 2.75) is 25.5 Å². The van der Waals surface area contributed by atoms with E-state index in [1.807, 2.05) is 47.0 Å². The lowest BCUT2D eigenvalue weighted by Crippen LogP contribution is -2.24. The summed E-state index contributed by atoms with van der Waals surface area (Å²) in [6.45, 7) is 4.63. The van der Waals surface area contributed by atoms with Gasteiger partial charge in [-0.1, -0.05) is 48.2 Å². The van der Waals surface area contributed by atoms with Gasteiger partial charge in [0.15, 0.2) is 11.0 Å². The lowest BCUT2D eigenvalue weighted by atomic mass is 10.1. The Hall–Kier alpha value is -3.45. The van der Waals surface area contributed by atoms with Gasteiger partial charge >= 0.3 is 0 Å². The van der Waals surface area contributed by atoms with Crippen LogP contribution in [0.5, 0.6) is 0 Å². The Morgan fingerprint density at radius 1 is 1.00 bits per heavy atom. The summed E-state index contributed by atoms with van der Waals surface area (Å²) >= 11 is 1.37. The third kappa shape index (κ3) is 5.19. The lowest BCUT2D eigenvalue weighted by Gasteiger charge is -2.12. The van der Waals surface area contributed by atoms with Crippen LogP contribution in [0.1, 0.15) is 16.7 Å². The van der Waals surface area contributed by atoms with Gasteiger partial charge in [0.2, 0.25) is 5.91 Å². The number of hydrogen-bond acceptors (Lipinski definition) is 5. The summed E-state index contributed by atoms with van der Waals surface area (Å²) in [6, 6.07) is 20.0. The summed E-state index contributed by atoms with van der Waals surface area (Å²) < 4.78 is 1.99. The van der Waals surface area contributed by atoms with E-state index in [0.717, 1.165) is 27.9 Å². The Kier molecular flexibility index (Phi) is 6.43. The van der Waals surface area contributed by atoms with Gasteiger partial charge < -0.3 is 5.32 Å². The number of thioether (sulfide) groups is 1. The average Bonchev–Trinajstić information content (AvgIpc) is 3.21.